The molecule has 1 nitrogen and oxygen atoms in total. The summed E-state index contributed by atoms with van der Waals surface area (Å²) in [5.74, 6) is -1.04. The molecule has 0 aliphatic heterocycles. The molecule has 0 aliphatic rings. The van der Waals surface area contributed by atoms with Gasteiger partial charge in [0, 0.05) is 5.56 Å². The van der Waals surface area contributed by atoms with Crippen molar-refractivity contribution in [2.24, 2.45) is 0 Å². The monoisotopic (exact) mass is 240 g/mol. The number of rotatable bonds is 5. The molecule has 0 aromatic heterocycles. The average Bonchev–Trinajstić information content (AvgIpc) is 2.35. The highest BCUT2D eigenvalue weighted by Gasteiger charge is 2.23. The van der Waals surface area contributed by atoms with E-state index >= 15 is 0 Å². The van der Waals surface area contributed by atoms with Gasteiger partial charge in [-0.05, 0) is 36.0 Å². The van der Waals surface area contributed by atoms with Gasteiger partial charge >= 0.3 is 6.43 Å². The van der Waals surface area contributed by atoms with Gasteiger partial charge in [0.2, 0.25) is 5.78 Å². The van der Waals surface area contributed by atoms with Crippen molar-refractivity contribution in [1.82, 2.24) is 0 Å². The molecule has 0 fully saturated rings. The molecule has 0 saturated carbocycles. The molecule has 17 heavy (non-hydrogen) atoms. The quantitative estimate of drug-likeness (QED) is 0.715. The lowest BCUT2D eigenvalue weighted by Gasteiger charge is -2.14. The first-order valence-electron chi connectivity index (χ1n) is 6.02. The van der Waals surface area contributed by atoms with Gasteiger partial charge in [0.25, 0.3) is 0 Å². The van der Waals surface area contributed by atoms with Crippen LogP contribution in [0.1, 0.15) is 47.8 Å². The van der Waals surface area contributed by atoms with Gasteiger partial charge in [0.15, 0.2) is 0 Å². The highest BCUT2D eigenvalue weighted by Crippen LogP contribution is 2.22. The zero-order valence-corrected chi connectivity index (χ0v) is 10.5. The maximum atomic E-state index is 12.6. The molecular formula is C14H18F2O. The van der Waals surface area contributed by atoms with E-state index in [0.29, 0.717) is 12.8 Å². The Morgan fingerprint density at radius 3 is 1.82 bits per heavy atom. The smallest absolute Gasteiger partial charge is 0.288 e. The highest BCUT2D eigenvalue weighted by molar-refractivity contribution is 6.01. The summed E-state index contributed by atoms with van der Waals surface area (Å²) in [7, 11) is 0. The van der Waals surface area contributed by atoms with Crippen LogP contribution < -0.4 is 0 Å². The van der Waals surface area contributed by atoms with E-state index in [4.69, 9.17) is 0 Å². The van der Waals surface area contributed by atoms with E-state index in [9.17, 15) is 13.6 Å². The van der Waals surface area contributed by atoms with E-state index in [1.165, 1.54) is 0 Å². The number of hydrogen-bond donors (Lipinski definition) is 0. The van der Waals surface area contributed by atoms with Crippen LogP contribution >= 0.6 is 0 Å². The van der Waals surface area contributed by atoms with Crippen LogP contribution in [-0.2, 0) is 19.3 Å². The SMILES string of the molecule is CCc1cc(CC)c(C(=O)C(F)F)c(CC)c1. The highest BCUT2D eigenvalue weighted by atomic mass is 19.3. The topological polar surface area (TPSA) is 17.1 Å². The zero-order valence-electron chi connectivity index (χ0n) is 10.5. The normalized spacial score (nSPS) is 10.9. The maximum Gasteiger partial charge on any atom is 0.300 e. The van der Waals surface area contributed by atoms with Crippen LogP contribution in [0.15, 0.2) is 12.1 Å². The van der Waals surface area contributed by atoms with E-state index in [1.807, 2.05) is 32.9 Å². The van der Waals surface area contributed by atoms with Crippen LogP contribution in [0.25, 0.3) is 0 Å². The van der Waals surface area contributed by atoms with E-state index in [-0.39, 0.29) is 5.56 Å². The fraction of sp³-hybridized carbons (Fsp3) is 0.500. The number of ketones is 1. The second kappa shape index (κ2) is 5.89. The summed E-state index contributed by atoms with van der Waals surface area (Å²) in [5, 5.41) is 0. The first kappa shape index (κ1) is 13.8. The summed E-state index contributed by atoms with van der Waals surface area (Å²) < 4.78 is 25.2. The van der Waals surface area contributed by atoms with Crippen LogP contribution in [-0.4, -0.2) is 12.2 Å². The van der Waals surface area contributed by atoms with Gasteiger partial charge in [-0.25, -0.2) is 8.78 Å². The van der Waals surface area contributed by atoms with Crippen molar-refractivity contribution < 1.29 is 13.6 Å². The van der Waals surface area contributed by atoms with Crippen LogP contribution in [0.3, 0.4) is 0 Å². The second-order valence-corrected chi connectivity index (χ2v) is 4.01. The molecule has 0 atom stereocenters. The molecule has 0 heterocycles. The standard InChI is InChI=1S/C14H18F2O/c1-4-9-7-10(5-2)12(11(6-3)8-9)13(17)14(15)16/h7-8,14H,4-6H2,1-3H3. The first-order chi connectivity index (χ1) is 8.04. The number of Topliss-reactive ketones (excluding diaryl/α,β-unsaturated/α-hetero) is 1. The molecule has 0 radical (unpaired) electrons. The zero-order chi connectivity index (χ0) is 13.0. The molecule has 0 saturated heterocycles. The number of hydrogen-bond acceptors (Lipinski definition) is 1. The van der Waals surface area contributed by atoms with Gasteiger partial charge in [-0.1, -0.05) is 32.9 Å². The summed E-state index contributed by atoms with van der Waals surface area (Å²) in [6, 6.07) is 3.74. The van der Waals surface area contributed by atoms with Gasteiger partial charge < -0.3 is 0 Å². The first-order valence-corrected chi connectivity index (χ1v) is 6.02. The van der Waals surface area contributed by atoms with Crippen LogP contribution in [0.2, 0.25) is 0 Å². The Morgan fingerprint density at radius 2 is 1.53 bits per heavy atom. The fourth-order valence-corrected chi connectivity index (χ4v) is 2.03. The molecule has 0 N–H and O–H groups in total. The van der Waals surface area contributed by atoms with E-state index in [1.54, 1.807) is 0 Å². The molecule has 1 aromatic carbocycles. The predicted molar refractivity (Wildman–Crippen MR) is 64.9 cm³/mol. The molecule has 0 unspecified atom stereocenters. The van der Waals surface area contributed by atoms with Gasteiger partial charge in [-0.15, -0.1) is 0 Å². The Balaban J connectivity index is 3.39. The Labute approximate surface area is 101 Å². The Kier molecular flexibility index (Phi) is 4.79. The molecule has 1 aromatic rings. The summed E-state index contributed by atoms with van der Waals surface area (Å²) >= 11 is 0. The van der Waals surface area contributed by atoms with Gasteiger partial charge in [-0.3, -0.25) is 4.79 Å². The minimum atomic E-state index is -2.92. The van der Waals surface area contributed by atoms with Crippen molar-refractivity contribution in [2.75, 3.05) is 0 Å². The van der Waals surface area contributed by atoms with Gasteiger partial charge in [-0.2, -0.15) is 0 Å². The molecule has 1 rings (SSSR count). The van der Waals surface area contributed by atoms with Gasteiger partial charge in [0.1, 0.15) is 0 Å². The lowest BCUT2D eigenvalue weighted by Crippen LogP contribution is -2.16. The Bertz CT molecular complexity index is 386. The third kappa shape index (κ3) is 2.90. The average molecular weight is 240 g/mol. The minimum absolute atomic E-state index is 0.238. The molecular weight excluding hydrogens is 222 g/mol. The number of halogens is 2. The van der Waals surface area contributed by atoms with Crippen LogP contribution in [0.4, 0.5) is 8.78 Å². The summed E-state index contributed by atoms with van der Waals surface area (Å²) in [4.78, 5) is 11.6. The number of aryl methyl sites for hydroxylation is 3. The van der Waals surface area contributed by atoms with Crippen LogP contribution in [0.5, 0.6) is 0 Å². The van der Waals surface area contributed by atoms with Crippen molar-refractivity contribution >= 4 is 5.78 Å². The summed E-state index contributed by atoms with van der Waals surface area (Å²) in [6.45, 7) is 5.79. The molecule has 3 heteroatoms. The summed E-state index contributed by atoms with van der Waals surface area (Å²) in [5.41, 5.74) is 2.82. The Hall–Kier alpha value is -1.25. The molecule has 0 aliphatic carbocycles. The second-order valence-electron chi connectivity index (χ2n) is 4.01. The van der Waals surface area contributed by atoms with Crippen molar-refractivity contribution in [2.45, 2.75) is 46.5 Å². The molecule has 0 amide bonds. The maximum absolute atomic E-state index is 12.6. The Morgan fingerprint density at radius 1 is 1.06 bits per heavy atom. The number of carbonyl (C=O) groups excluding carboxylic acids is 1. The number of alkyl halides is 2. The third-order valence-electron chi connectivity index (χ3n) is 2.98. The third-order valence-corrected chi connectivity index (χ3v) is 2.98. The fourth-order valence-electron chi connectivity index (χ4n) is 2.03. The van der Waals surface area contributed by atoms with Gasteiger partial charge in [0.05, 0.1) is 0 Å². The molecule has 94 valence electrons. The predicted octanol–water partition coefficient (Wildman–Crippen LogP) is 3.82. The van der Waals surface area contributed by atoms with E-state index in [2.05, 4.69) is 0 Å². The minimum Gasteiger partial charge on any atom is -0.288 e. The lowest BCUT2D eigenvalue weighted by atomic mass is 9.91. The van der Waals surface area contributed by atoms with E-state index in [0.717, 1.165) is 23.1 Å². The van der Waals surface area contributed by atoms with Crippen molar-refractivity contribution in [1.29, 1.82) is 0 Å². The lowest BCUT2D eigenvalue weighted by molar-refractivity contribution is 0.0676. The number of carbonyl (C=O) groups is 1. The summed E-state index contributed by atoms with van der Waals surface area (Å²) in [6.07, 6.45) is -0.857. The molecule has 0 spiro atoms. The largest absolute Gasteiger partial charge is 0.300 e. The van der Waals surface area contributed by atoms with Crippen molar-refractivity contribution in [3.05, 3.63) is 34.4 Å². The van der Waals surface area contributed by atoms with Crippen LogP contribution in [0, 0.1) is 0 Å². The van der Waals surface area contributed by atoms with Crippen molar-refractivity contribution in [3.8, 4) is 0 Å². The molecule has 0 bridgehead atoms. The van der Waals surface area contributed by atoms with E-state index < -0.39 is 12.2 Å². The number of benzene rings is 1. The van der Waals surface area contributed by atoms with Crippen molar-refractivity contribution in [3.63, 3.8) is 0 Å².